The lowest BCUT2D eigenvalue weighted by atomic mass is 10.0. The largest absolute Gasteiger partial charge is 0.472 e. The second kappa shape index (κ2) is 62.4. The smallest absolute Gasteiger partial charge is 0.462 e. The number of phosphoric ester groups is 2. The Morgan fingerprint density at radius 1 is 0.341 bits per heavy atom. The molecular weight excluding hydrogens is 1200 g/mol. The Balaban J connectivity index is 5.26. The van der Waals surface area contributed by atoms with Crippen molar-refractivity contribution in [3.8, 4) is 0 Å². The summed E-state index contributed by atoms with van der Waals surface area (Å²) < 4.78 is 68.2. The van der Waals surface area contributed by atoms with Crippen molar-refractivity contribution in [2.45, 2.75) is 356 Å². The number of carbonyl (C=O) groups excluding carboxylic acids is 4. The van der Waals surface area contributed by atoms with Gasteiger partial charge in [0.05, 0.1) is 26.4 Å². The van der Waals surface area contributed by atoms with Crippen LogP contribution in [0.3, 0.4) is 0 Å². The predicted molar refractivity (Wildman–Crippen MR) is 367 cm³/mol. The standard InChI is InChI=1S/C72H136O17P2/c1-8-9-10-11-12-13-14-15-16-20-23-26-31-39-46-53-69(74)82-59-67(88-71(76)55-48-41-32-27-24-21-18-17-19-22-25-29-36-43-50-63(2)3)61-86-90(78,79)84-57-66(73)58-85-91(80,81)87-62-68(60-83-70(75)54-47-40-35-34-38-45-52-65(6)7)89-72(77)56-49-42-33-28-30-37-44-51-64(4)5/h13-16,63-68,73H,8-12,17-62H2,1-7H3,(H,78,79)(H,80,81)/b14-13-,16-15-/t66-,67-,68-/m1/s1. The number of phosphoric acid groups is 2. The molecule has 0 aliphatic heterocycles. The van der Waals surface area contributed by atoms with E-state index in [0.29, 0.717) is 37.5 Å². The molecule has 0 saturated heterocycles. The number of aliphatic hydroxyl groups is 1. The fourth-order valence-electron chi connectivity index (χ4n) is 10.4. The van der Waals surface area contributed by atoms with Crippen molar-refractivity contribution >= 4 is 39.5 Å². The van der Waals surface area contributed by atoms with Crippen LogP contribution in [0.15, 0.2) is 24.3 Å². The highest BCUT2D eigenvalue weighted by molar-refractivity contribution is 7.47. The van der Waals surface area contributed by atoms with Crippen LogP contribution in [0.1, 0.15) is 337 Å². The molecule has 0 saturated carbocycles. The van der Waals surface area contributed by atoms with E-state index in [-0.39, 0.29) is 25.7 Å². The molecular formula is C72H136O17P2. The van der Waals surface area contributed by atoms with Gasteiger partial charge in [-0.25, -0.2) is 9.13 Å². The number of rotatable bonds is 68. The summed E-state index contributed by atoms with van der Waals surface area (Å²) in [5, 5.41) is 10.6. The third kappa shape index (κ3) is 66.0. The van der Waals surface area contributed by atoms with Crippen LogP contribution in [-0.4, -0.2) is 96.7 Å². The Labute approximate surface area is 554 Å². The zero-order chi connectivity index (χ0) is 67.3. The van der Waals surface area contributed by atoms with E-state index in [9.17, 15) is 43.2 Å². The van der Waals surface area contributed by atoms with Gasteiger partial charge in [0, 0.05) is 25.7 Å². The van der Waals surface area contributed by atoms with E-state index in [2.05, 4.69) is 72.8 Å². The Morgan fingerprint density at radius 2 is 0.593 bits per heavy atom. The quantitative estimate of drug-likeness (QED) is 0.0169. The number of carbonyl (C=O) groups is 4. The number of unbranched alkanes of at least 4 members (excludes halogenated alkanes) is 33. The molecule has 0 radical (unpaired) electrons. The Morgan fingerprint density at radius 3 is 0.890 bits per heavy atom. The molecule has 0 rings (SSSR count). The first-order chi connectivity index (χ1) is 43.7. The number of hydrogen-bond donors (Lipinski definition) is 3. The van der Waals surface area contributed by atoms with Crippen LogP contribution in [0.5, 0.6) is 0 Å². The molecule has 0 aromatic heterocycles. The van der Waals surface area contributed by atoms with E-state index in [4.69, 9.17) is 37.0 Å². The molecule has 0 spiro atoms. The van der Waals surface area contributed by atoms with Crippen molar-refractivity contribution in [2.24, 2.45) is 17.8 Å². The third-order valence-corrected chi connectivity index (χ3v) is 17.9. The highest BCUT2D eigenvalue weighted by atomic mass is 31.2. The minimum Gasteiger partial charge on any atom is -0.462 e. The summed E-state index contributed by atoms with van der Waals surface area (Å²) in [7, 11) is -9.91. The number of esters is 4. The van der Waals surface area contributed by atoms with Gasteiger partial charge >= 0.3 is 39.5 Å². The fourth-order valence-corrected chi connectivity index (χ4v) is 11.9. The maximum Gasteiger partial charge on any atom is 0.472 e. The van der Waals surface area contributed by atoms with Gasteiger partial charge in [0.25, 0.3) is 0 Å². The summed E-state index contributed by atoms with van der Waals surface area (Å²) in [4.78, 5) is 72.5. The van der Waals surface area contributed by atoms with Crippen LogP contribution in [0, 0.1) is 17.8 Å². The molecule has 0 aliphatic carbocycles. The SMILES string of the molecule is CCCCCC/C=C\C=C/CCCCCCCC(=O)OC[C@H](COP(=O)(O)OC[C@@H](O)COP(=O)(O)OC[C@@H](COC(=O)CCCCCCCCC(C)C)OC(=O)CCCCCCCCCC(C)C)OC(=O)CCCCCCCCCCCCCCCCC(C)C. The predicted octanol–water partition coefficient (Wildman–Crippen LogP) is 20.2. The summed E-state index contributed by atoms with van der Waals surface area (Å²) in [6.07, 6.45) is 49.7. The fraction of sp³-hybridized carbons (Fsp3) is 0.889. The zero-order valence-corrected chi connectivity index (χ0v) is 60.6. The topological polar surface area (TPSA) is 237 Å². The average molecular weight is 1340 g/mol. The molecule has 17 nitrogen and oxygen atoms in total. The first kappa shape index (κ1) is 88.5. The Bertz CT molecular complexity index is 1880. The number of aliphatic hydroxyl groups excluding tert-OH is 1. The molecule has 19 heteroatoms. The number of ether oxygens (including phenoxy) is 4. The third-order valence-electron chi connectivity index (χ3n) is 16.0. The van der Waals surface area contributed by atoms with Crippen LogP contribution in [-0.2, 0) is 65.4 Å². The Hall–Kier alpha value is -2.46. The zero-order valence-electron chi connectivity index (χ0n) is 58.8. The van der Waals surface area contributed by atoms with Gasteiger partial charge < -0.3 is 33.8 Å². The summed E-state index contributed by atoms with van der Waals surface area (Å²) in [5.74, 6) is 0.00623. The second-order valence-corrected chi connectivity index (χ2v) is 29.6. The monoisotopic (exact) mass is 1330 g/mol. The molecule has 0 heterocycles. The van der Waals surface area contributed by atoms with Crippen LogP contribution in [0.25, 0.3) is 0 Å². The van der Waals surface area contributed by atoms with E-state index in [1.165, 1.54) is 122 Å². The summed E-state index contributed by atoms with van der Waals surface area (Å²) in [6, 6.07) is 0. The highest BCUT2D eigenvalue weighted by Gasteiger charge is 2.30. The average Bonchev–Trinajstić information content (AvgIpc) is 3.71. The van der Waals surface area contributed by atoms with Crippen molar-refractivity contribution in [3.63, 3.8) is 0 Å². The molecule has 91 heavy (non-hydrogen) atoms. The molecule has 0 aliphatic rings. The molecule has 2 unspecified atom stereocenters. The van der Waals surface area contributed by atoms with Gasteiger partial charge in [0.1, 0.15) is 19.3 Å². The first-order valence-corrected chi connectivity index (χ1v) is 39.7. The van der Waals surface area contributed by atoms with Crippen LogP contribution in [0.4, 0.5) is 0 Å². The minimum atomic E-state index is -4.96. The molecule has 3 N–H and O–H groups in total. The molecule has 536 valence electrons. The van der Waals surface area contributed by atoms with Crippen molar-refractivity contribution in [3.05, 3.63) is 24.3 Å². The van der Waals surface area contributed by atoms with Gasteiger partial charge in [0.2, 0.25) is 0 Å². The van der Waals surface area contributed by atoms with Crippen LogP contribution < -0.4 is 0 Å². The second-order valence-electron chi connectivity index (χ2n) is 26.7. The lowest BCUT2D eigenvalue weighted by Crippen LogP contribution is -2.30. The lowest BCUT2D eigenvalue weighted by molar-refractivity contribution is -0.161. The number of hydrogen-bond acceptors (Lipinski definition) is 15. The van der Waals surface area contributed by atoms with E-state index in [1.807, 2.05) is 0 Å². The van der Waals surface area contributed by atoms with E-state index in [0.717, 1.165) is 121 Å². The maximum absolute atomic E-state index is 13.0. The van der Waals surface area contributed by atoms with Crippen LogP contribution >= 0.6 is 15.6 Å². The molecule has 0 fully saturated rings. The molecule has 0 aromatic carbocycles. The minimum absolute atomic E-state index is 0.0998. The molecule has 0 amide bonds. The number of allylic oxidation sites excluding steroid dienone is 4. The van der Waals surface area contributed by atoms with Gasteiger partial charge in [-0.1, -0.05) is 285 Å². The summed E-state index contributed by atoms with van der Waals surface area (Å²) >= 11 is 0. The van der Waals surface area contributed by atoms with Crippen LogP contribution in [0.2, 0.25) is 0 Å². The highest BCUT2D eigenvalue weighted by Crippen LogP contribution is 2.45. The van der Waals surface area contributed by atoms with E-state index >= 15 is 0 Å². The van der Waals surface area contributed by atoms with Crippen molar-refractivity contribution in [2.75, 3.05) is 39.6 Å². The first-order valence-electron chi connectivity index (χ1n) is 36.7. The summed E-state index contributed by atoms with van der Waals surface area (Å²) in [6.45, 7) is 11.7. The van der Waals surface area contributed by atoms with Gasteiger partial charge in [-0.3, -0.25) is 37.3 Å². The molecule has 5 atom stereocenters. The molecule has 0 bridgehead atoms. The van der Waals surface area contributed by atoms with Gasteiger partial charge in [-0.15, -0.1) is 0 Å². The van der Waals surface area contributed by atoms with Gasteiger partial charge in [-0.05, 0) is 69.1 Å². The Kier molecular flexibility index (Phi) is 60.7. The normalized spacial score (nSPS) is 14.3. The molecule has 0 aromatic rings. The maximum atomic E-state index is 13.0. The lowest BCUT2D eigenvalue weighted by Gasteiger charge is -2.21. The van der Waals surface area contributed by atoms with Crippen molar-refractivity contribution in [1.29, 1.82) is 0 Å². The van der Waals surface area contributed by atoms with E-state index < -0.39 is 97.5 Å². The van der Waals surface area contributed by atoms with Gasteiger partial charge in [0.15, 0.2) is 12.2 Å². The van der Waals surface area contributed by atoms with Crippen molar-refractivity contribution < 1.29 is 80.2 Å². The van der Waals surface area contributed by atoms with Gasteiger partial charge in [-0.2, -0.15) is 0 Å². The van der Waals surface area contributed by atoms with Crippen molar-refractivity contribution in [1.82, 2.24) is 0 Å². The van der Waals surface area contributed by atoms with E-state index in [1.54, 1.807) is 0 Å². The summed E-state index contributed by atoms with van der Waals surface area (Å²) in [5.41, 5.74) is 0.